The number of carbonyl (C=O) groups excluding carboxylic acids is 1. The molecule has 1 unspecified atom stereocenters. The molecular formula is C33H36N4O. The van der Waals surface area contributed by atoms with Gasteiger partial charge in [0.15, 0.2) is 0 Å². The summed E-state index contributed by atoms with van der Waals surface area (Å²) >= 11 is 0. The van der Waals surface area contributed by atoms with Crippen molar-refractivity contribution in [2.45, 2.75) is 69.9 Å². The first-order chi connectivity index (χ1) is 18.5. The van der Waals surface area contributed by atoms with Crippen molar-refractivity contribution in [2.24, 2.45) is 5.92 Å². The van der Waals surface area contributed by atoms with Crippen molar-refractivity contribution >= 4 is 22.6 Å². The number of aromatic nitrogens is 2. The van der Waals surface area contributed by atoms with Gasteiger partial charge in [-0.1, -0.05) is 79.7 Å². The summed E-state index contributed by atoms with van der Waals surface area (Å²) in [5.74, 6) is 1.30. The lowest BCUT2D eigenvalue weighted by Gasteiger charge is -2.27. The number of anilines is 1. The molecular weight excluding hydrogens is 468 g/mol. The standard InChI is InChI=1S/C33H36N4O/c1-22-15-17-26(18-16-22)36-32-34-21-29(30(37-32)33(19-20-33)25-11-4-3-5-12-25)31(38)35-23(2)27-14-8-10-24-9-6-7-13-28(24)27/h3-14,21-23,26H,15-20H2,1-2H3,(H,35,38)(H,34,36,37). The minimum Gasteiger partial charge on any atom is -0.351 e. The molecule has 2 fully saturated rings. The lowest BCUT2D eigenvalue weighted by Crippen LogP contribution is -2.31. The van der Waals surface area contributed by atoms with Crippen LogP contribution in [-0.2, 0) is 5.41 Å². The highest BCUT2D eigenvalue weighted by atomic mass is 16.1. The number of amides is 1. The second kappa shape index (κ2) is 10.2. The maximum Gasteiger partial charge on any atom is 0.255 e. The SMILES string of the molecule is CC1CCC(Nc2ncc(C(=O)NC(C)c3cccc4ccccc34)c(C3(c4ccccc4)CC3)n2)CC1. The highest BCUT2D eigenvalue weighted by Gasteiger charge is 2.49. The van der Waals surface area contributed by atoms with Crippen LogP contribution in [0.3, 0.4) is 0 Å². The Morgan fingerprint density at radius 2 is 1.63 bits per heavy atom. The monoisotopic (exact) mass is 504 g/mol. The minimum absolute atomic E-state index is 0.124. The van der Waals surface area contributed by atoms with Crippen molar-refractivity contribution in [3.8, 4) is 0 Å². The molecule has 0 aliphatic heterocycles. The van der Waals surface area contributed by atoms with Gasteiger partial charge >= 0.3 is 0 Å². The maximum absolute atomic E-state index is 13.8. The summed E-state index contributed by atoms with van der Waals surface area (Å²) < 4.78 is 0. The molecule has 1 atom stereocenters. The molecule has 38 heavy (non-hydrogen) atoms. The molecule has 6 rings (SSSR count). The summed E-state index contributed by atoms with van der Waals surface area (Å²) in [6, 6.07) is 25.3. The number of carbonyl (C=O) groups is 1. The maximum atomic E-state index is 13.8. The molecule has 2 aliphatic rings. The first-order valence-corrected chi connectivity index (χ1v) is 14.0. The molecule has 0 bridgehead atoms. The van der Waals surface area contributed by atoms with E-state index in [2.05, 4.69) is 77.1 Å². The average molecular weight is 505 g/mol. The van der Waals surface area contributed by atoms with Gasteiger partial charge in [0, 0.05) is 17.7 Å². The van der Waals surface area contributed by atoms with Gasteiger partial charge < -0.3 is 10.6 Å². The van der Waals surface area contributed by atoms with Crippen molar-refractivity contribution in [3.05, 3.63) is 101 Å². The quantitative estimate of drug-likeness (QED) is 0.279. The topological polar surface area (TPSA) is 66.9 Å². The predicted octanol–water partition coefficient (Wildman–Crippen LogP) is 7.19. The first-order valence-electron chi connectivity index (χ1n) is 14.0. The molecule has 2 saturated carbocycles. The Labute approximate surface area is 225 Å². The second-order valence-corrected chi connectivity index (χ2v) is 11.3. The van der Waals surface area contributed by atoms with Gasteiger partial charge in [-0.25, -0.2) is 9.97 Å². The number of nitrogens with zero attached hydrogens (tertiary/aromatic N) is 2. The van der Waals surface area contributed by atoms with Crippen molar-refractivity contribution < 1.29 is 4.79 Å². The van der Waals surface area contributed by atoms with E-state index in [1.807, 2.05) is 25.1 Å². The van der Waals surface area contributed by atoms with Crippen LogP contribution in [0.25, 0.3) is 10.8 Å². The lowest BCUT2D eigenvalue weighted by molar-refractivity contribution is 0.0938. The summed E-state index contributed by atoms with van der Waals surface area (Å²) in [6.45, 7) is 4.37. The summed E-state index contributed by atoms with van der Waals surface area (Å²) in [6.07, 6.45) is 8.42. The Balaban J connectivity index is 1.32. The molecule has 5 heteroatoms. The van der Waals surface area contributed by atoms with Gasteiger partial charge in [-0.3, -0.25) is 4.79 Å². The van der Waals surface area contributed by atoms with Gasteiger partial charge in [-0.2, -0.15) is 0 Å². The molecule has 4 aromatic rings. The molecule has 1 heterocycles. The summed E-state index contributed by atoms with van der Waals surface area (Å²) in [5, 5.41) is 9.18. The summed E-state index contributed by atoms with van der Waals surface area (Å²) in [7, 11) is 0. The van der Waals surface area contributed by atoms with E-state index in [1.54, 1.807) is 6.20 Å². The van der Waals surface area contributed by atoms with Gasteiger partial charge in [0.1, 0.15) is 0 Å². The fourth-order valence-corrected chi connectivity index (χ4v) is 6.09. The third kappa shape index (κ3) is 4.78. The average Bonchev–Trinajstić information content (AvgIpc) is 3.76. The normalized spacial score (nSPS) is 21.0. The van der Waals surface area contributed by atoms with Crippen LogP contribution in [0.5, 0.6) is 0 Å². The van der Waals surface area contributed by atoms with Crippen LogP contribution in [0.15, 0.2) is 79.0 Å². The smallest absolute Gasteiger partial charge is 0.255 e. The van der Waals surface area contributed by atoms with Gasteiger partial charge in [-0.05, 0) is 73.3 Å². The molecule has 1 aromatic heterocycles. The Hall–Kier alpha value is -3.73. The molecule has 2 aliphatic carbocycles. The van der Waals surface area contributed by atoms with E-state index in [4.69, 9.17) is 4.98 Å². The Bertz CT molecular complexity index is 1430. The van der Waals surface area contributed by atoms with Crippen LogP contribution >= 0.6 is 0 Å². The van der Waals surface area contributed by atoms with Gasteiger partial charge in [0.05, 0.1) is 17.3 Å². The number of fused-ring (bicyclic) bond motifs is 1. The van der Waals surface area contributed by atoms with Gasteiger partial charge in [0.2, 0.25) is 5.95 Å². The number of hydrogen-bond donors (Lipinski definition) is 2. The minimum atomic E-state index is -0.239. The van der Waals surface area contributed by atoms with E-state index in [0.29, 0.717) is 17.6 Å². The predicted molar refractivity (Wildman–Crippen MR) is 153 cm³/mol. The fraction of sp³-hybridized carbons (Fsp3) is 0.364. The van der Waals surface area contributed by atoms with Gasteiger partial charge in [0.25, 0.3) is 5.91 Å². The molecule has 1 amide bonds. The molecule has 194 valence electrons. The van der Waals surface area contributed by atoms with Crippen molar-refractivity contribution in [3.63, 3.8) is 0 Å². The molecule has 0 saturated heterocycles. The zero-order valence-corrected chi connectivity index (χ0v) is 22.3. The third-order valence-corrected chi connectivity index (χ3v) is 8.55. The molecule has 5 nitrogen and oxygen atoms in total. The Morgan fingerprint density at radius 3 is 2.39 bits per heavy atom. The van der Waals surface area contributed by atoms with Crippen molar-refractivity contribution in [1.82, 2.24) is 15.3 Å². The summed E-state index contributed by atoms with van der Waals surface area (Å²) in [5.41, 5.74) is 3.49. The Morgan fingerprint density at radius 1 is 0.921 bits per heavy atom. The van der Waals surface area contributed by atoms with Crippen LogP contribution in [0.2, 0.25) is 0 Å². The first kappa shape index (κ1) is 24.6. The molecule has 2 N–H and O–H groups in total. The van der Waals surface area contributed by atoms with Gasteiger partial charge in [-0.15, -0.1) is 0 Å². The number of nitrogens with one attached hydrogen (secondary N) is 2. The molecule has 3 aromatic carbocycles. The van der Waals surface area contributed by atoms with Crippen LogP contribution in [0.1, 0.15) is 85.6 Å². The van der Waals surface area contributed by atoms with E-state index in [-0.39, 0.29) is 17.4 Å². The highest BCUT2D eigenvalue weighted by molar-refractivity contribution is 5.96. The number of hydrogen-bond acceptors (Lipinski definition) is 4. The van der Waals surface area contributed by atoms with E-state index in [9.17, 15) is 4.79 Å². The van der Waals surface area contributed by atoms with E-state index < -0.39 is 0 Å². The number of benzene rings is 3. The molecule has 0 spiro atoms. The van der Waals surface area contributed by atoms with Crippen LogP contribution in [-0.4, -0.2) is 21.9 Å². The Kier molecular flexibility index (Phi) is 6.61. The van der Waals surface area contributed by atoms with E-state index >= 15 is 0 Å². The zero-order valence-electron chi connectivity index (χ0n) is 22.3. The lowest BCUT2D eigenvalue weighted by atomic mass is 9.87. The zero-order chi connectivity index (χ0) is 26.1. The van der Waals surface area contributed by atoms with E-state index in [0.717, 1.165) is 48.2 Å². The van der Waals surface area contributed by atoms with Crippen LogP contribution in [0.4, 0.5) is 5.95 Å². The van der Waals surface area contributed by atoms with Crippen LogP contribution in [0, 0.1) is 5.92 Å². The summed E-state index contributed by atoms with van der Waals surface area (Å²) in [4.78, 5) is 23.5. The van der Waals surface area contributed by atoms with E-state index in [1.165, 1.54) is 23.8 Å². The third-order valence-electron chi connectivity index (χ3n) is 8.55. The second-order valence-electron chi connectivity index (χ2n) is 11.3. The number of rotatable bonds is 7. The van der Waals surface area contributed by atoms with Crippen LogP contribution < -0.4 is 10.6 Å². The largest absolute Gasteiger partial charge is 0.351 e. The van der Waals surface area contributed by atoms with Crippen molar-refractivity contribution in [1.29, 1.82) is 0 Å². The fourth-order valence-electron chi connectivity index (χ4n) is 6.09. The van der Waals surface area contributed by atoms with Crippen molar-refractivity contribution in [2.75, 3.05) is 5.32 Å². The highest BCUT2D eigenvalue weighted by Crippen LogP contribution is 2.53. The molecule has 0 radical (unpaired) electrons.